The molecule has 0 fully saturated rings. The van der Waals surface area contributed by atoms with Gasteiger partial charge < -0.3 is 4.42 Å². The van der Waals surface area contributed by atoms with Crippen LogP contribution in [0.2, 0.25) is 0 Å². The second-order valence-corrected chi connectivity index (χ2v) is 5.00. The molecule has 3 rings (SSSR count). The normalized spacial score (nSPS) is 11.7. The van der Waals surface area contributed by atoms with Gasteiger partial charge in [0.2, 0.25) is 4.77 Å². The molecule has 3 aromatic rings. The van der Waals surface area contributed by atoms with Gasteiger partial charge in [-0.1, -0.05) is 24.3 Å². The second kappa shape index (κ2) is 6.36. The van der Waals surface area contributed by atoms with Crippen LogP contribution in [-0.4, -0.2) is 21.1 Å². The fraction of sp³-hybridized carbons (Fsp3) is 0.0625. The van der Waals surface area contributed by atoms with E-state index in [1.807, 2.05) is 49.4 Å². The fourth-order valence-corrected chi connectivity index (χ4v) is 2.21. The van der Waals surface area contributed by atoms with E-state index in [4.69, 9.17) is 16.6 Å². The van der Waals surface area contributed by atoms with Crippen molar-refractivity contribution >= 4 is 24.5 Å². The number of nitrogens with one attached hydrogen (secondary N) is 1. The molecule has 1 aromatic carbocycles. The van der Waals surface area contributed by atoms with Crippen LogP contribution in [0.3, 0.4) is 0 Å². The second-order valence-electron chi connectivity index (χ2n) is 4.62. The van der Waals surface area contributed by atoms with Gasteiger partial charge in [-0.05, 0) is 49.0 Å². The summed E-state index contributed by atoms with van der Waals surface area (Å²) in [6, 6.07) is 11.7. The van der Waals surface area contributed by atoms with Gasteiger partial charge in [-0.15, -0.1) is 0 Å². The monoisotopic (exact) mass is 310 g/mol. The van der Waals surface area contributed by atoms with E-state index in [2.05, 4.69) is 15.3 Å². The highest BCUT2D eigenvalue weighted by Crippen LogP contribution is 2.20. The number of benzene rings is 1. The van der Waals surface area contributed by atoms with Crippen LogP contribution in [0.15, 0.2) is 58.3 Å². The number of H-pyrrole nitrogens is 1. The van der Waals surface area contributed by atoms with E-state index >= 15 is 0 Å². The average Bonchev–Trinajstić information content (AvgIpc) is 3.15. The van der Waals surface area contributed by atoms with Crippen LogP contribution < -0.4 is 0 Å². The van der Waals surface area contributed by atoms with Crippen molar-refractivity contribution in [2.45, 2.75) is 6.92 Å². The van der Waals surface area contributed by atoms with Crippen molar-refractivity contribution in [1.29, 1.82) is 0 Å². The standard InChI is InChI=1S/C16H14N4OS/c1-12-6-2-3-9-14(12)15-18-19-16(22)20(15)17-10-4-7-13-8-5-11-21-13/h2-11H,1H3,(H,19,22)/b7-4+,17-10+. The quantitative estimate of drug-likeness (QED) is 0.584. The largest absolute Gasteiger partial charge is 0.465 e. The molecule has 22 heavy (non-hydrogen) atoms. The minimum Gasteiger partial charge on any atom is -0.465 e. The third-order valence-electron chi connectivity index (χ3n) is 3.11. The van der Waals surface area contributed by atoms with Crippen molar-refractivity contribution in [3.05, 3.63) is 64.8 Å². The van der Waals surface area contributed by atoms with Gasteiger partial charge >= 0.3 is 0 Å². The Labute approximate surface area is 132 Å². The first-order valence-electron chi connectivity index (χ1n) is 6.73. The number of aryl methyl sites for hydroxylation is 1. The van der Waals surface area contributed by atoms with Gasteiger partial charge in [0.05, 0.1) is 6.26 Å². The number of rotatable bonds is 4. The van der Waals surface area contributed by atoms with Crippen molar-refractivity contribution in [3.8, 4) is 11.4 Å². The predicted octanol–water partition coefficient (Wildman–Crippen LogP) is 4.06. The smallest absolute Gasteiger partial charge is 0.216 e. The first-order valence-corrected chi connectivity index (χ1v) is 7.14. The van der Waals surface area contributed by atoms with Crippen LogP contribution in [-0.2, 0) is 0 Å². The third-order valence-corrected chi connectivity index (χ3v) is 3.37. The highest BCUT2D eigenvalue weighted by molar-refractivity contribution is 7.71. The van der Waals surface area contributed by atoms with Crippen molar-refractivity contribution in [3.63, 3.8) is 0 Å². The molecule has 2 aromatic heterocycles. The first-order chi connectivity index (χ1) is 10.8. The molecule has 0 atom stereocenters. The number of hydrogen-bond acceptors (Lipinski definition) is 4. The molecule has 6 heteroatoms. The van der Waals surface area contributed by atoms with Crippen LogP contribution in [0, 0.1) is 11.7 Å². The van der Waals surface area contributed by atoms with E-state index in [1.165, 1.54) is 0 Å². The average molecular weight is 310 g/mol. The van der Waals surface area contributed by atoms with Gasteiger partial charge in [-0.2, -0.15) is 14.9 Å². The van der Waals surface area contributed by atoms with Gasteiger partial charge in [0.1, 0.15) is 5.76 Å². The van der Waals surface area contributed by atoms with Crippen molar-refractivity contribution in [2.75, 3.05) is 0 Å². The molecule has 0 aliphatic heterocycles. The van der Waals surface area contributed by atoms with E-state index < -0.39 is 0 Å². The van der Waals surface area contributed by atoms with Gasteiger partial charge in [0, 0.05) is 11.8 Å². The summed E-state index contributed by atoms with van der Waals surface area (Å²) >= 11 is 5.23. The molecule has 0 amide bonds. The molecule has 1 N–H and O–H groups in total. The minimum absolute atomic E-state index is 0.445. The van der Waals surface area contributed by atoms with Crippen LogP contribution in [0.1, 0.15) is 11.3 Å². The summed E-state index contributed by atoms with van der Waals surface area (Å²) in [6.45, 7) is 2.03. The lowest BCUT2D eigenvalue weighted by Crippen LogP contribution is -1.95. The van der Waals surface area contributed by atoms with Crippen LogP contribution >= 0.6 is 12.2 Å². The molecule has 0 aliphatic rings. The van der Waals surface area contributed by atoms with Crippen molar-refractivity contribution in [2.24, 2.45) is 5.10 Å². The maximum absolute atomic E-state index is 5.23. The van der Waals surface area contributed by atoms with E-state index in [1.54, 1.807) is 23.2 Å². The van der Waals surface area contributed by atoms with Gasteiger partial charge in [0.25, 0.3) is 0 Å². The Balaban J connectivity index is 1.90. The van der Waals surface area contributed by atoms with E-state index in [0.29, 0.717) is 10.6 Å². The zero-order valence-electron chi connectivity index (χ0n) is 11.9. The molecule has 2 heterocycles. The van der Waals surface area contributed by atoms with Crippen LogP contribution in [0.25, 0.3) is 17.5 Å². The summed E-state index contributed by atoms with van der Waals surface area (Å²) in [5.41, 5.74) is 2.10. The van der Waals surface area contributed by atoms with Crippen molar-refractivity contribution in [1.82, 2.24) is 14.9 Å². The Morgan fingerprint density at radius 3 is 2.91 bits per heavy atom. The van der Waals surface area contributed by atoms with Gasteiger partial charge in [0.15, 0.2) is 5.82 Å². The van der Waals surface area contributed by atoms with E-state index in [0.717, 1.165) is 16.9 Å². The van der Waals surface area contributed by atoms with Crippen LogP contribution in [0.4, 0.5) is 0 Å². The molecule has 0 bridgehead atoms. The summed E-state index contributed by atoms with van der Waals surface area (Å²) < 4.78 is 7.26. The minimum atomic E-state index is 0.445. The number of allylic oxidation sites excluding steroid dienone is 1. The molecule has 5 nitrogen and oxygen atoms in total. The Bertz CT molecular complexity index is 872. The summed E-state index contributed by atoms with van der Waals surface area (Å²) in [5, 5.41) is 11.4. The van der Waals surface area contributed by atoms with Crippen molar-refractivity contribution < 1.29 is 4.42 Å². The van der Waals surface area contributed by atoms with Gasteiger partial charge in [-0.25, -0.2) is 5.10 Å². The Hall–Kier alpha value is -2.73. The number of nitrogens with zero attached hydrogens (tertiary/aromatic N) is 3. The maximum atomic E-state index is 5.23. The Morgan fingerprint density at radius 1 is 1.27 bits per heavy atom. The lowest BCUT2D eigenvalue weighted by molar-refractivity contribution is 0.557. The zero-order valence-corrected chi connectivity index (χ0v) is 12.7. The summed E-state index contributed by atoms with van der Waals surface area (Å²) in [5.74, 6) is 1.45. The molecule has 0 saturated heterocycles. The predicted molar refractivity (Wildman–Crippen MR) is 89.2 cm³/mol. The molecule has 110 valence electrons. The highest BCUT2D eigenvalue weighted by atomic mass is 32.1. The van der Waals surface area contributed by atoms with E-state index in [9.17, 15) is 0 Å². The highest BCUT2D eigenvalue weighted by Gasteiger charge is 2.09. The van der Waals surface area contributed by atoms with Crippen LogP contribution in [0.5, 0.6) is 0 Å². The third kappa shape index (κ3) is 2.96. The molecule has 0 aliphatic carbocycles. The molecular weight excluding hydrogens is 296 g/mol. The topological polar surface area (TPSA) is 59.1 Å². The molecule has 0 radical (unpaired) electrons. The first kappa shape index (κ1) is 14.2. The molecular formula is C16H14N4OS. The number of aromatic nitrogens is 3. The maximum Gasteiger partial charge on any atom is 0.216 e. The Morgan fingerprint density at radius 2 is 2.14 bits per heavy atom. The SMILES string of the molecule is Cc1ccccc1-c1n[nH]c(=S)n1/N=C/C=C/c1ccco1. The Kier molecular flexibility index (Phi) is 4.11. The summed E-state index contributed by atoms with van der Waals surface area (Å²) in [6.07, 6.45) is 6.88. The fourth-order valence-electron chi connectivity index (χ4n) is 2.03. The number of aromatic amines is 1. The lowest BCUT2D eigenvalue weighted by atomic mass is 10.1. The lowest BCUT2D eigenvalue weighted by Gasteiger charge is -2.03. The zero-order chi connectivity index (χ0) is 15.4. The van der Waals surface area contributed by atoms with E-state index in [-0.39, 0.29) is 0 Å². The summed E-state index contributed by atoms with van der Waals surface area (Å²) in [7, 11) is 0. The number of hydrogen-bond donors (Lipinski definition) is 1. The van der Waals surface area contributed by atoms with Gasteiger partial charge in [-0.3, -0.25) is 0 Å². The summed E-state index contributed by atoms with van der Waals surface area (Å²) in [4.78, 5) is 0. The molecule has 0 unspecified atom stereocenters. The molecule has 0 spiro atoms. The number of furan rings is 1. The molecule has 0 saturated carbocycles.